The predicted molar refractivity (Wildman–Crippen MR) is 98.1 cm³/mol. The van der Waals surface area contributed by atoms with Crippen molar-refractivity contribution in [3.05, 3.63) is 54.1 Å². The first-order valence-electron chi connectivity index (χ1n) is 8.35. The van der Waals surface area contributed by atoms with Crippen LogP contribution < -0.4 is 14.4 Å². The molecule has 1 aliphatic rings. The Morgan fingerprint density at radius 1 is 1.14 bits per heavy atom. The average Bonchev–Trinajstić information content (AvgIpc) is 2.99. The standard InChI is InChI=1S/C18H17F3N2O4S/c19-18(20,21)12-27-16-4-1-3-14(11-16)22-17(24)13-5-7-15(8-6-13)23-9-2-10-28(23,25)26/h1,3-8,11H,2,9-10,12H2,(H,22,24). The summed E-state index contributed by atoms with van der Waals surface area (Å²) in [5.74, 6) is -0.407. The molecule has 0 spiro atoms. The maximum atomic E-state index is 12.3. The van der Waals surface area contributed by atoms with E-state index in [2.05, 4.69) is 10.1 Å². The van der Waals surface area contributed by atoms with E-state index in [-0.39, 0.29) is 22.8 Å². The molecule has 1 aliphatic heterocycles. The molecule has 6 nitrogen and oxygen atoms in total. The third-order valence-electron chi connectivity index (χ3n) is 4.01. The van der Waals surface area contributed by atoms with E-state index in [0.29, 0.717) is 18.7 Å². The summed E-state index contributed by atoms with van der Waals surface area (Å²) >= 11 is 0. The fourth-order valence-electron chi connectivity index (χ4n) is 2.74. The Bertz CT molecular complexity index is 960. The van der Waals surface area contributed by atoms with E-state index in [1.165, 1.54) is 40.7 Å². The van der Waals surface area contributed by atoms with E-state index in [9.17, 15) is 26.4 Å². The third-order valence-corrected chi connectivity index (χ3v) is 5.88. The van der Waals surface area contributed by atoms with Crippen molar-refractivity contribution in [1.29, 1.82) is 0 Å². The molecule has 28 heavy (non-hydrogen) atoms. The Labute approximate surface area is 160 Å². The molecule has 1 fully saturated rings. The summed E-state index contributed by atoms with van der Waals surface area (Å²) < 4.78 is 66.5. The molecular weight excluding hydrogens is 397 g/mol. The lowest BCUT2D eigenvalue weighted by molar-refractivity contribution is -0.153. The zero-order valence-corrected chi connectivity index (χ0v) is 15.4. The van der Waals surface area contributed by atoms with Crippen molar-refractivity contribution in [3.8, 4) is 5.75 Å². The van der Waals surface area contributed by atoms with Gasteiger partial charge in [0.2, 0.25) is 10.0 Å². The number of halogens is 3. The number of carbonyl (C=O) groups excluding carboxylic acids is 1. The number of alkyl halides is 3. The number of sulfonamides is 1. The Morgan fingerprint density at radius 3 is 2.46 bits per heavy atom. The van der Waals surface area contributed by atoms with E-state index >= 15 is 0 Å². The maximum Gasteiger partial charge on any atom is 0.422 e. The van der Waals surface area contributed by atoms with Gasteiger partial charge in [-0.3, -0.25) is 9.10 Å². The van der Waals surface area contributed by atoms with Gasteiger partial charge in [-0.2, -0.15) is 13.2 Å². The highest BCUT2D eigenvalue weighted by molar-refractivity contribution is 7.93. The van der Waals surface area contributed by atoms with E-state index in [1.807, 2.05) is 0 Å². The molecule has 1 N–H and O–H groups in total. The molecule has 0 atom stereocenters. The molecule has 2 aromatic carbocycles. The SMILES string of the molecule is O=C(Nc1cccc(OCC(F)(F)F)c1)c1ccc(N2CCCS2(=O)=O)cc1. The molecule has 0 aromatic heterocycles. The van der Waals surface area contributed by atoms with Crippen LogP contribution in [-0.2, 0) is 10.0 Å². The summed E-state index contributed by atoms with van der Waals surface area (Å²) in [6.07, 6.45) is -3.90. The zero-order valence-electron chi connectivity index (χ0n) is 14.6. The fraction of sp³-hybridized carbons (Fsp3) is 0.278. The van der Waals surface area contributed by atoms with Gasteiger partial charge in [0.25, 0.3) is 5.91 Å². The van der Waals surface area contributed by atoms with Crippen LogP contribution in [0.2, 0.25) is 0 Å². The summed E-state index contributed by atoms with van der Waals surface area (Å²) in [7, 11) is -3.30. The summed E-state index contributed by atoms with van der Waals surface area (Å²) in [4.78, 5) is 12.3. The van der Waals surface area contributed by atoms with Gasteiger partial charge in [-0.1, -0.05) is 6.07 Å². The largest absolute Gasteiger partial charge is 0.484 e. The summed E-state index contributed by atoms with van der Waals surface area (Å²) in [5, 5.41) is 2.57. The van der Waals surface area contributed by atoms with Gasteiger partial charge in [-0.05, 0) is 42.8 Å². The van der Waals surface area contributed by atoms with Gasteiger partial charge in [0, 0.05) is 23.9 Å². The first-order valence-corrected chi connectivity index (χ1v) is 9.96. The second kappa shape index (κ2) is 7.70. The number of hydrogen-bond donors (Lipinski definition) is 1. The molecule has 0 unspecified atom stereocenters. The molecule has 2 aromatic rings. The molecule has 0 saturated carbocycles. The number of carbonyl (C=O) groups is 1. The smallest absolute Gasteiger partial charge is 0.422 e. The molecule has 150 valence electrons. The first-order chi connectivity index (χ1) is 13.1. The Morgan fingerprint density at radius 2 is 1.86 bits per heavy atom. The van der Waals surface area contributed by atoms with Gasteiger partial charge in [-0.15, -0.1) is 0 Å². The van der Waals surface area contributed by atoms with Crippen molar-refractivity contribution in [2.45, 2.75) is 12.6 Å². The van der Waals surface area contributed by atoms with Crippen LogP contribution in [0.15, 0.2) is 48.5 Å². The molecule has 0 radical (unpaired) electrons. The molecule has 10 heteroatoms. The number of amides is 1. The van der Waals surface area contributed by atoms with Gasteiger partial charge >= 0.3 is 6.18 Å². The third kappa shape index (κ3) is 4.94. The van der Waals surface area contributed by atoms with Crippen LogP contribution in [-0.4, -0.2) is 39.4 Å². The summed E-state index contributed by atoms with van der Waals surface area (Å²) in [6.45, 7) is -1.02. The monoisotopic (exact) mass is 414 g/mol. The minimum atomic E-state index is -4.45. The average molecular weight is 414 g/mol. The lowest BCUT2D eigenvalue weighted by Gasteiger charge is -2.17. The molecule has 1 heterocycles. The van der Waals surface area contributed by atoms with E-state index in [4.69, 9.17) is 0 Å². The van der Waals surface area contributed by atoms with Crippen molar-refractivity contribution in [2.75, 3.05) is 28.5 Å². The number of anilines is 2. The number of rotatable bonds is 5. The van der Waals surface area contributed by atoms with Gasteiger partial charge < -0.3 is 10.1 Å². The second-order valence-corrected chi connectivity index (χ2v) is 8.19. The molecule has 0 bridgehead atoms. The van der Waals surface area contributed by atoms with Crippen molar-refractivity contribution >= 4 is 27.3 Å². The van der Waals surface area contributed by atoms with Crippen LogP contribution in [0, 0.1) is 0 Å². The minimum absolute atomic E-state index is 0.0234. The number of benzene rings is 2. The summed E-state index contributed by atoms with van der Waals surface area (Å²) in [6, 6.07) is 11.7. The maximum absolute atomic E-state index is 12.3. The number of nitrogens with one attached hydrogen (secondary N) is 1. The van der Waals surface area contributed by atoms with Crippen molar-refractivity contribution < 1.29 is 31.1 Å². The van der Waals surface area contributed by atoms with Crippen molar-refractivity contribution in [1.82, 2.24) is 0 Å². The topological polar surface area (TPSA) is 75.7 Å². The van der Waals surface area contributed by atoms with Crippen molar-refractivity contribution in [3.63, 3.8) is 0 Å². The summed E-state index contributed by atoms with van der Waals surface area (Å²) in [5.41, 5.74) is 1.04. The van der Waals surface area contributed by atoms with E-state index in [0.717, 1.165) is 0 Å². The molecular formula is C18H17F3N2O4S. The van der Waals surface area contributed by atoms with Crippen LogP contribution in [0.4, 0.5) is 24.5 Å². The van der Waals surface area contributed by atoms with Gasteiger partial charge in [0.1, 0.15) is 5.75 Å². The lowest BCUT2D eigenvalue weighted by Crippen LogP contribution is -2.25. The molecule has 1 saturated heterocycles. The first kappa shape index (κ1) is 20.0. The van der Waals surface area contributed by atoms with Crippen LogP contribution in [0.1, 0.15) is 16.8 Å². The zero-order chi connectivity index (χ0) is 20.4. The molecule has 3 rings (SSSR count). The van der Waals surface area contributed by atoms with Crippen LogP contribution in [0.25, 0.3) is 0 Å². The predicted octanol–water partition coefficient (Wildman–Crippen LogP) is 3.42. The van der Waals surface area contributed by atoms with Crippen LogP contribution >= 0.6 is 0 Å². The van der Waals surface area contributed by atoms with Gasteiger partial charge in [-0.25, -0.2) is 8.42 Å². The highest BCUT2D eigenvalue weighted by atomic mass is 32.2. The molecule has 0 aliphatic carbocycles. The number of hydrogen-bond acceptors (Lipinski definition) is 4. The van der Waals surface area contributed by atoms with Crippen molar-refractivity contribution in [2.24, 2.45) is 0 Å². The highest BCUT2D eigenvalue weighted by Crippen LogP contribution is 2.25. The van der Waals surface area contributed by atoms with E-state index < -0.39 is 28.7 Å². The number of nitrogens with zero attached hydrogens (tertiary/aromatic N) is 1. The number of ether oxygens (including phenoxy) is 1. The second-order valence-electron chi connectivity index (χ2n) is 6.17. The van der Waals surface area contributed by atoms with Gasteiger partial charge in [0.15, 0.2) is 6.61 Å². The van der Waals surface area contributed by atoms with Gasteiger partial charge in [0.05, 0.1) is 11.4 Å². The normalized spacial score (nSPS) is 16.0. The fourth-order valence-corrected chi connectivity index (χ4v) is 4.31. The van der Waals surface area contributed by atoms with Crippen LogP contribution in [0.5, 0.6) is 5.75 Å². The molecule has 1 amide bonds. The quantitative estimate of drug-likeness (QED) is 0.814. The van der Waals surface area contributed by atoms with E-state index in [1.54, 1.807) is 12.1 Å². The lowest BCUT2D eigenvalue weighted by atomic mass is 10.2. The highest BCUT2D eigenvalue weighted by Gasteiger charge is 2.29. The Kier molecular flexibility index (Phi) is 5.50. The Balaban J connectivity index is 1.66. The Hall–Kier alpha value is -2.75. The van der Waals surface area contributed by atoms with Crippen LogP contribution in [0.3, 0.4) is 0 Å². The minimum Gasteiger partial charge on any atom is -0.484 e.